The predicted octanol–water partition coefficient (Wildman–Crippen LogP) is 4.21. The van der Waals surface area contributed by atoms with Crippen LogP contribution in [0.4, 0.5) is 0 Å². The number of hydrogen-bond donors (Lipinski definition) is 0. The number of unbranched alkanes of at least 4 members (excludes halogenated alkanes) is 6. The average Bonchev–Trinajstić information content (AvgIpc) is 2.09. The fraction of sp³-hybridized carbons (Fsp3) is 0.750. The summed E-state index contributed by atoms with van der Waals surface area (Å²) in [5, 5.41) is 8.31. The molecule has 0 aliphatic heterocycles. The van der Waals surface area contributed by atoms with Crippen molar-refractivity contribution in [2.75, 3.05) is 0 Å². The smallest absolute Gasteiger partial charge is 0.0621 e. The Hall–Kier alpha value is -0.770. The van der Waals surface area contributed by atoms with Gasteiger partial charge in [0.1, 0.15) is 0 Å². The summed E-state index contributed by atoms with van der Waals surface area (Å²) in [6.45, 7) is 5.97. The van der Waals surface area contributed by atoms with E-state index in [0.717, 1.165) is 12.8 Å². The van der Waals surface area contributed by atoms with Crippen molar-refractivity contribution in [2.24, 2.45) is 0 Å². The van der Waals surface area contributed by atoms with Crippen LogP contribution < -0.4 is 0 Å². The standard InChI is InChI=1S/C12H21N/c1-12(2)10-8-6-4-3-5-7-9-11-13/h1,3-10H2,2H3. The number of nitriles is 1. The van der Waals surface area contributed by atoms with Crippen LogP contribution in [0.2, 0.25) is 0 Å². The topological polar surface area (TPSA) is 23.8 Å². The van der Waals surface area contributed by atoms with E-state index >= 15 is 0 Å². The van der Waals surface area contributed by atoms with Crippen LogP contribution in [0.1, 0.15) is 58.3 Å². The molecule has 0 heterocycles. The highest BCUT2D eigenvalue weighted by molar-refractivity contribution is 4.86. The molecule has 0 aliphatic rings. The summed E-state index contributed by atoms with van der Waals surface area (Å²) in [5.41, 5.74) is 1.30. The van der Waals surface area contributed by atoms with Crippen LogP contribution in [0.3, 0.4) is 0 Å². The molecule has 0 saturated heterocycles. The number of rotatable bonds is 8. The summed E-state index contributed by atoms with van der Waals surface area (Å²) < 4.78 is 0. The first-order valence-electron chi connectivity index (χ1n) is 5.28. The molecule has 0 aliphatic carbocycles. The van der Waals surface area contributed by atoms with E-state index < -0.39 is 0 Å². The van der Waals surface area contributed by atoms with Crippen molar-refractivity contribution in [3.05, 3.63) is 12.2 Å². The minimum absolute atomic E-state index is 0.728. The van der Waals surface area contributed by atoms with E-state index in [9.17, 15) is 0 Å². The molecule has 0 spiro atoms. The largest absolute Gasteiger partial charge is 0.198 e. The van der Waals surface area contributed by atoms with E-state index in [-0.39, 0.29) is 0 Å². The van der Waals surface area contributed by atoms with Crippen LogP contribution >= 0.6 is 0 Å². The van der Waals surface area contributed by atoms with Gasteiger partial charge in [0.15, 0.2) is 0 Å². The molecule has 0 aromatic heterocycles. The summed E-state index contributed by atoms with van der Waals surface area (Å²) >= 11 is 0. The van der Waals surface area contributed by atoms with Crippen molar-refractivity contribution >= 4 is 0 Å². The molecule has 0 atom stereocenters. The normalized spacial score (nSPS) is 9.54. The molecule has 0 amide bonds. The molecule has 0 radical (unpaired) electrons. The quantitative estimate of drug-likeness (QED) is 0.404. The van der Waals surface area contributed by atoms with E-state index in [0.29, 0.717) is 0 Å². The maximum atomic E-state index is 8.31. The number of allylic oxidation sites excluding steroid dienone is 1. The molecule has 1 nitrogen and oxygen atoms in total. The average molecular weight is 179 g/mol. The number of hydrogen-bond acceptors (Lipinski definition) is 1. The van der Waals surface area contributed by atoms with Gasteiger partial charge in [0.05, 0.1) is 6.07 Å². The van der Waals surface area contributed by atoms with Gasteiger partial charge in [0, 0.05) is 6.42 Å². The first-order chi connectivity index (χ1) is 6.27. The van der Waals surface area contributed by atoms with Crippen molar-refractivity contribution in [1.82, 2.24) is 0 Å². The van der Waals surface area contributed by atoms with Gasteiger partial charge in [0.2, 0.25) is 0 Å². The highest BCUT2D eigenvalue weighted by atomic mass is 14.2. The van der Waals surface area contributed by atoms with E-state index in [1.54, 1.807) is 0 Å². The zero-order chi connectivity index (χ0) is 9.94. The Kier molecular flexibility index (Phi) is 8.77. The molecule has 13 heavy (non-hydrogen) atoms. The number of nitrogens with zero attached hydrogens (tertiary/aromatic N) is 1. The second-order valence-electron chi connectivity index (χ2n) is 3.74. The Morgan fingerprint density at radius 2 is 1.62 bits per heavy atom. The Morgan fingerprint density at radius 1 is 1.08 bits per heavy atom. The van der Waals surface area contributed by atoms with Gasteiger partial charge in [-0.15, -0.1) is 6.58 Å². The first kappa shape index (κ1) is 12.2. The summed E-state index contributed by atoms with van der Waals surface area (Å²) in [6.07, 6.45) is 9.42. The van der Waals surface area contributed by atoms with E-state index in [4.69, 9.17) is 5.26 Å². The molecular formula is C12H21N. The molecule has 0 N–H and O–H groups in total. The molecule has 0 aromatic carbocycles. The van der Waals surface area contributed by atoms with Gasteiger partial charge >= 0.3 is 0 Å². The minimum Gasteiger partial charge on any atom is -0.198 e. The lowest BCUT2D eigenvalue weighted by molar-refractivity contribution is 0.597. The van der Waals surface area contributed by atoms with Gasteiger partial charge in [0.25, 0.3) is 0 Å². The van der Waals surface area contributed by atoms with Crippen LogP contribution in [0.15, 0.2) is 12.2 Å². The van der Waals surface area contributed by atoms with Crippen LogP contribution in [0, 0.1) is 11.3 Å². The van der Waals surface area contributed by atoms with Crippen LogP contribution in [0.5, 0.6) is 0 Å². The summed E-state index contributed by atoms with van der Waals surface area (Å²) in [4.78, 5) is 0. The molecule has 74 valence electrons. The van der Waals surface area contributed by atoms with Crippen LogP contribution in [-0.4, -0.2) is 0 Å². The second kappa shape index (κ2) is 9.32. The van der Waals surface area contributed by atoms with E-state index in [2.05, 4.69) is 19.6 Å². The van der Waals surface area contributed by atoms with Crippen molar-refractivity contribution in [3.8, 4) is 6.07 Å². The molecule has 0 fully saturated rings. The van der Waals surface area contributed by atoms with Gasteiger partial charge in [-0.1, -0.05) is 31.3 Å². The molecular weight excluding hydrogens is 158 g/mol. The van der Waals surface area contributed by atoms with Gasteiger partial charge in [-0.05, 0) is 26.2 Å². The van der Waals surface area contributed by atoms with Crippen molar-refractivity contribution in [2.45, 2.75) is 58.3 Å². The van der Waals surface area contributed by atoms with Gasteiger partial charge in [-0.2, -0.15) is 5.26 Å². The monoisotopic (exact) mass is 179 g/mol. The lowest BCUT2D eigenvalue weighted by atomic mass is 10.1. The maximum absolute atomic E-state index is 8.31. The van der Waals surface area contributed by atoms with Gasteiger partial charge in [-0.3, -0.25) is 0 Å². The lowest BCUT2D eigenvalue weighted by Gasteiger charge is -2.00. The summed E-state index contributed by atoms with van der Waals surface area (Å²) in [5.74, 6) is 0. The summed E-state index contributed by atoms with van der Waals surface area (Å²) in [6, 6.07) is 2.17. The molecule has 0 bridgehead atoms. The van der Waals surface area contributed by atoms with Crippen LogP contribution in [0.25, 0.3) is 0 Å². The Balaban J connectivity index is 2.92. The molecule has 0 rings (SSSR count). The van der Waals surface area contributed by atoms with Crippen LogP contribution in [-0.2, 0) is 0 Å². The highest BCUT2D eigenvalue weighted by Gasteiger charge is 1.91. The Bertz CT molecular complexity index is 164. The van der Waals surface area contributed by atoms with Gasteiger partial charge < -0.3 is 0 Å². The van der Waals surface area contributed by atoms with Crippen molar-refractivity contribution in [3.63, 3.8) is 0 Å². The zero-order valence-electron chi connectivity index (χ0n) is 8.81. The molecule has 1 heteroatoms. The van der Waals surface area contributed by atoms with E-state index in [1.165, 1.54) is 44.1 Å². The molecule has 0 saturated carbocycles. The van der Waals surface area contributed by atoms with Crippen molar-refractivity contribution < 1.29 is 0 Å². The minimum atomic E-state index is 0.728. The third-order valence-electron chi connectivity index (χ3n) is 2.14. The fourth-order valence-electron chi connectivity index (χ4n) is 1.34. The first-order valence-corrected chi connectivity index (χ1v) is 5.28. The Labute approximate surface area is 82.5 Å². The highest BCUT2D eigenvalue weighted by Crippen LogP contribution is 2.10. The zero-order valence-corrected chi connectivity index (χ0v) is 8.81. The predicted molar refractivity (Wildman–Crippen MR) is 57.4 cm³/mol. The third-order valence-corrected chi connectivity index (χ3v) is 2.14. The maximum Gasteiger partial charge on any atom is 0.0621 e. The van der Waals surface area contributed by atoms with E-state index in [1.807, 2.05) is 0 Å². The lowest BCUT2D eigenvalue weighted by Crippen LogP contribution is -1.80. The fourth-order valence-corrected chi connectivity index (χ4v) is 1.34. The molecule has 0 unspecified atom stereocenters. The summed E-state index contributed by atoms with van der Waals surface area (Å²) in [7, 11) is 0. The third kappa shape index (κ3) is 11.2. The van der Waals surface area contributed by atoms with Gasteiger partial charge in [-0.25, -0.2) is 0 Å². The second-order valence-corrected chi connectivity index (χ2v) is 3.74. The molecule has 0 aromatic rings. The van der Waals surface area contributed by atoms with Crippen molar-refractivity contribution in [1.29, 1.82) is 5.26 Å². The SMILES string of the molecule is C=C(C)CCCCCCCCC#N. The Morgan fingerprint density at radius 3 is 2.15 bits per heavy atom.